The summed E-state index contributed by atoms with van der Waals surface area (Å²) in [5.74, 6) is -1.37. The van der Waals surface area contributed by atoms with Gasteiger partial charge in [0.2, 0.25) is 0 Å². The third kappa shape index (κ3) is 4.70. The number of urea groups is 1. The van der Waals surface area contributed by atoms with E-state index in [1.54, 1.807) is 36.4 Å². The minimum absolute atomic E-state index is 0.000566. The molecule has 1 saturated heterocycles. The van der Waals surface area contributed by atoms with Crippen LogP contribution in [0.15, 0.2) is 90.5 Å². The number of rotatable bonds is 6. The van der Waals surface area contributed by atoms with Crippen molar-refractivity contribution in [2.75, 3.05) is 4.90 Å². The Morgan fingerprint density at radius 1 is 0.947 bits per heavy atom. The van der Waals surface area contributed by atoms with Gasteiger partial charge in [-0.2, -0.15) is 0 Å². The maximum absolute atomic E-state index is 13.4. The first-order chi connectivity index (χ1) is 18.3. The zero-order chi connectivity index (χ0) is 26.8. The summed E-state index contributed by atoms with van der Waals surface area (Å²) in [6.45, 7) is 0.000566. The van der Waals surface area contributed by atoms with Crippen LogP contribution in [0.4, 0.5) is 16.2 Å². The number of barbiturate groups is 1. The average molecular weight is 528 g/mol. The Balaban J connectivity index is 1.58. The summed E-state index contributed by atoms with van der Waals surface area (Å²) < 4.78 is 6.02. The number of nitrogens with zero attached hydrogens (tertiary/aromatic N) is 2. The highest BCUT2D eigenvalue weighted by molar-refractivity contribution is 6.42. The molecule has 0 bridgehead atoms. The molecular weight excluding hydrogens is 510 g/mol. The summed E-state index contributed by atoms with van der Waals surface area (Å²) in [5, 5.41) is 15.0. The Morgan fingerprint density at radius 3 is 2.50 bits per heavy atom. The van der Waals surface area contributed by atoms with Gasteiger partial charge in [-0.3, -0.25) is 25.0 Å². The number of hydrogen-bond acceptors (Lipinski definition) is 6. The molecule has 4 aromatic rings. The molecule has 1 aliphatic heterocycles. The average Bonchev–Trinajstić information content (AvgIpc) is 2.91. The highest BCUT2D eigenvalue weighted by Gasteiger charge is 2.38. The number of amides is 4. The number of carbonyl (C=O) groups excluding carboxylic acids is 3. The number of fused-ring (bicyclic) bond motifs is 1. The molecule has 4 amide bonds. The van der Waals surface area contributed by atoms with E-state index < -0.39 is 22.8 Å². The predicted octanol–water partition coefficient (Wildman–Crippen LogP) is 5.65. The van der Waals surface area contributed by atoms with Crippen LogP contribution in [-0.4, -0.2) is 22.8 Å². The smallest absolute Gasteiger partial charge is 0.335 e. The molecule has 0 atom stereocenters. The van der Waals surface area contributed by atoms with Crippen molar-refractivity contribution in [2.45, 2.75) is 6.61 Å². The first-order valence-corrected chi connectivity index (χ1v) is 11.7. The minimum atomic E-state index is -0.912. The summed E-state index contributed by atoms with van der Waals surface area (Å²) in [7, 11) is 0. The number of hydrogen-bond donors (Lipinski definition) is 1. The monoisotopic (exact) mass is 527 g/mol. The third-order valence-corrected chi connectivity index (χ3v) is 6.25. The van der Waals surface area contributed by atoms with Gasteiger partial charge >= 0.3 is 6.03 Å². The Labute approximate surface area is 221 Å². The number of carbonyl (C=O) groups is 3. The number of halogens is 1. The van der Waals surface area contributed by atoms with Crippen molar-refractivity contribution in [3.05, 3.63) is 117 Å². The number of imide groups is 2. The number of anilines is 1. The van der Waals surface area contributed by atoms with Crippen LogP contribution in [0.3, 0.4) is 0 Å². The van der Waals surface area contributed by atoms with Crippen molar-refractivity contribution in [2.24, 2.45) is 0 Å². The number of nitro benzene ring substituents is 1. The molecule has 0 radical (unpaired) electrons. The molecule has 0 saturated carbocycles. The first kappa shape index (κ1) is 24.7. The Hall–Kier alpha value is -5.02. The summed E-state index contributed by atoms with van der Waals surface area (Å²) in [4.78, 5) is 50.3. The first-order valence-electron chi connectivity index (χ1n) is 11.4. The number of non-ortho nitro benzene ring substituents is 1. The van der Waals surface area contributed by atoms with Gasteiger partial charge in [0.1, 0.15) is 17.9 Å². The van der Waals surface area contributed by atoms with Gasteiger partial charge in [-0.25, -0.2) is 9.69 Å². The summed E-state index contributed by atoms with van der Waals surface area (Å²) in [6.07, 6.45) is 1.37. The van der Waals surface area contributed by atoms with Gasteiger partial charge in [-0.05, 0) is 40.6 Å². The van der Waals surface area contributed by atoms with Gasteiger partial charge in [-0.1, -0.05) is 66.2 Å². The SMILES string of the molecule is O=C1NC(=O)N(c2ccccc2Cl)C(=O)/C1=C/c1c(OCc2cccc([N+](=O)[O-])c2)ccc2ccccc12. The van der Waals surface area contributed by atoms with Crippen LogP contribution in [0.2, 0.25) is 5.02 Å². The number of ether oxygens (including phenoxy) is 1. The molecule has 38 heavy (non-hydrogen) atoms. The van der Waals surface area contributed by atoms with Crippen molar-refractivity contribution >= 4 is 57.7 Å². The van der Waals surface area contributed by atoms with Gasteiger partial charge in [0, 0.05) is 17.7 Å². The van der Waals surface area contributed by atoms with Crippen molar-refractivity contribution < 1.29 is 24.0 Å². The molecule has 4 aromatic carbocycles. The lowest BCUT2D eigenvalue weighted by molar-refractivity contribution is -0.384. The molecule has 0 aliphatic carbocycles. The second-order valence-corrected chi connectivity index (χ2v) is 8.73. The van der Waals surface area contributed by atoms with E-state index in [9.17, 15) is 24.5 Å². The van der Waals surface area contributed by atoms with Gasteiger partial charge in [0.15, 0.2) is 0 Å². The summed E-state index contributed by atoms with van der Waals surface area (Å²) in [5.41, 5.74) is 0.769. The molecule has 0 aromatic heterocycles. The van der Waals surface area contributed by atoms with Gasteiger partial charge in [0.05, 0.1) is 15.6 Å². The normalized spacial score (nSPS) is 14.6. The summed E-state index contributed by atoms with van der Waals surface area (Å²) in [6, 6.07) is 22.3. The molecule has 10 heteroatoms. The van der Waals surface area contributed by atoms with Crippen LogP contribution < -0.4 is 15.0 Å². The maximum Gasteiger partial charge on any atom is 0.335 e. The zero-order valence-electron chi connectivity index (χ0n) is 19.6. The molecule has 0 unspecified atom stereocenters. The molecule has 9 nitrogen and oxygen atoms in total. The van der Waals surface area contributed by atoms with E-state index in [-0.39, 0.29) is 28.6 Å². The highest BCUT2D eigenvalue weighted by atomic mass is 35.5. The number of nitro groups is 1. The topological polar surface area (TPSA) is 119 Å². The van der Waals surface area contributed by atoms with Crippen LogP contribution in [0.1, 0.15) is 11.1 Å². The molecule has 1 N–H and O–H groups in total. The Kier molecular flexibility index (Phi) is 6.59. The molecule has 0 spiro atoms. The van der Waals surface area contributed by atoms with E-state index in [0.29, 0.717) is 22.3 Å². The van der Waals surface area contributed by atoms with E-state index in [1.807, 2.05) is 24.3 Å². The molecule has 188 valence electrons. The van der Waals surface area contributed by atoms with Gasteiger partial charge in [0.25, 0.3) is 17.5 Å². The third-order valence-electron chi connectivity index (χ3n) is 5.93. The largest absolute Gasteiger partial charge is 0.488 e. The predicted molar refractivity (Wildman–Crippen MR) is 142 cm³/mol. The van der Waals surface area contributed by atoms with E-state index in [0.717, 1.165) is 10.3 Å². The van der Waals surface area contributed by atoms with Crippen LogP contribution in [0.25, 0.3) is 16.8 Å². The van der Waals surface area contributed by atoms with E-state index >= 15 is 0 Å². The lowest BCUT2D eigenvalue weighted by Crippen LogP contribution is -2.54. The van der Waals surface area contributed by atoms with Crippen LogP contribution >= 0.6 is 11.6 Å². The van der Waals surface area contributed by atoms with E-state index in [1.165, 1.54) is 30.3 Å². The minimum Gasteiger partial charge on any atom is -0.488 e. The fourth-order valence-electron chi connectivity index (χ4n) is 4.12. The fourth-order valence-corrected chi connectivity index (χ4v) is 4.35. The molecule has 5 rings (SSSR count). The lowest BCUT2D eigenvalue weighted by Gasteiger charge is -2.27. The Morgan fingerprint density at radius 2 is 1.71 bits per heavy atom. The second kappa shape index (κ2) is 10.2. The molecule has 1 fully saturated rings. The van der Waals surface area contributed by atoms with E-state index in [2.05, 4.69) is 5.32 Å². The van der Waals surface area contributed by atoms with Crippen molar-refractivity contribution in [1.82, 2.24) is 5.32 Å². The van der Waals surface area contributed by atoms with E-state index in [4.69, 9.17) is 16.3 Å². The quantitative estimate of drug-likeness (QED) is 0.150. The fraction of sp³-hybridized carbons (Fsp3) is 0.0357. The van der Waals surface area contributed by atoms with Crippen molar-refractivity contribution in [3.8, 4) is 5.75 Å². The van der Waals surface area contributed by atoms with Crippen LogP contribution in [0.5, 0.6) is 5.75 Å². The highest BCUT2D eigenvalue weighted by Crippen LogP contribution is 2.33. The molecular formula is C28H18ClN3O6. The van der Waals surface area contributed by atoms with Gasteiger partial charge in [-0.15, -0.1) is 0 Å². The second-order valence-electron chi connectivity index (χ2n) is 8.32. The standard InChI is InChI=1S/C28H18ClN3O6/c29-23-10-3-4-11-24(23)31-27(34)22(26(33)30-28(31)35)15-21-20-9-2-1-7-18(20)12-13-25(21)38-16-17-6-5-8-19(14-17)32(36)37/h1-15H,16H2,(H,30,33,35)/b22-15+. The lowest BCUT2D eigenvalue weighted by atomic mass is 9.99. The van der Waals surface area contributed by atoms with Crippen molar-refractivity contribution in [1.29, 1.82) is 0 Å². The molecule has 1 heterocycles. The number of benzene rings is 4. The van der Waals surface area contributed by atoms with Crippen LogP contribution in [0, 0.1) is 10.1 Å². The number of para-hydroxylation sites is 1. The van der Waals surface area contributed by atoms with Crippen LogP contribution in [-0.2, 0) is 16.2 Å². The van der Waals surface area contributed by atoms with Gasteiger partial charge < -0.3 is 4.74 Å². The summed E-state index contributed by atoms with van der Waals surface area (Å²) >= 11 is 6.23. The van der Waals surface area contributed by atoms with Crippen molar-refractivity contribution in [3.63, 3.8) is 0 Å². The number of nitrogens with one attached hydrogen (secondary N) is 1. The Bertz CT molecular complexity index is 1670. The molecule has 1 aliphatic rings. The zero-order valence-corrected chi connectivity index (χ0v) is 20.3. The maximum atomic E-state index is 13.4.